The van der Waals surface area contributed by atoms with Gasteiger partial charge in [0, 0.05) is 38.3 Å². The summed E-state index contributed by atoms with van der Waals surface area (Å²) in [4.78, 5) is 17.1. The molecule has 0 spiro atoms. The Morgan fingerprint density at radius 2 is 2.08 bits per heavy atom. The van der Waals surface area contributed by atoms with Crippen molar-refractivity contribution >= 4 is 5.91 Å². The number of rotatable bonds is 4. The van der Waals surface area contributed by atoms with Gasteiger partial charge in [0.25, 0.3) is 0 Å². The van der Waals surface area contributed by atoms with E-state index in [1.165, 1.54) is 12.8 Å². The molecule has 0 aromatic carbocycles. The first-order chi connectivity index (χ1) is 11.6. The molecule has 0 N–H and O–H groups in total. The van der Waals surface area contributed by atoms with E-state index in [4.69, 9.17) is 9.26 Å². The van der Waals surface area contributed by atoms with E-state index in [9.17, 15) is 4.79 Å². The molecule has 134 valence electrons. The normalized spacial score (nSPS) is 23.2. The molecule has 2 saturated heterocycles. The average molecular weight is 335 g/mol. The van der Waals surface area contributed by atoms with Crippen LogP contribution in [0.1, 0.15) is 36.3 Å². The fourth-order valence-corrected chi connectivity index (χ4v) is 3.74. The average Bonchev–Trinajstić information content (AvgIpc) is 2.79. The minimum atomic E-state index is 0.187. The van der Waals surface area contributed by atoms with E-state index in [-0.39, 0.29) is 5.91 Å². The predicted octanol–water partition coefficient (Wildman–Crippen LogP) is 1.79. The molecule has 0 aliphatic carbocycles. The molecule has 3 rings (SSSR count). The molecule has 2 aliphatic rings. The van der Waals surface area contributed by atoms with E-state index in [1.54, 1.807) is 0 Å². The molecule has 6 heteroatoms. The SMILES string of the molecule is Cc1noc(C)c1CC(=O)N1CCCN(CC2CCCOC2)CC1. The first-order valence-corrected chi connectivity index (χ1v) is 9.13. The first kappa shape index (κ1) is 17.4. The van der Waals surface area contributed by atoms with E-state index in [0.717, 1.165) is 69.4 Å². The molecule has 6 nitrogen and oxygen atoms in total. The van der Waals surface area contributed by atoms with Gasteiger partial charge in [0.1, 0.15) is 5.76 Å². The van der Waals surface area contributed by atoms with Crippen molar-refractivity contribution in [3.05, 3.63) is 17.0 Å². The van der Waals surface area contributed by atoms with E-state index in [1.807, 2.05) is 18.7 Å². The molecule has 0 bridgehead atoms. The molecule has 1 aromatic rings. The van der Waals surface area contributed by atoms with Crippen LogP contribution in [0.15, 0.2) is 4.52 Å². The van der Waals surface area contributed by atoms with Gasteiger partial charge in [-0.05, 0) is 45.6 Å². The van der Waals surface area contributed by atoms with Gasteiger partial charge in [0.2, 0.25) is 5.91 Å². The third-order valence-corrected chi connectivity index (χ3v) is 5.22. The smallest absolute Gasteiger partial charge is 0.227 e. The topological polar surface area (TPSA) is 58.8 Å². The highest BCUT2D eigenvalue weighted by molar-refractivity contribution is 5.79. The number of nitrogens with zero attached hydrogens (tertiary/aromatic N) is 3. The van der Waals surface area contributed by atoms with Crippen LogP contribution >= 0.6 is 0 Å². The summed E-state index contributed by atoms with van der Waals surface area (Å²) < 4.78 is 10.8. The zero-order valence-electron chi connectivity index (χ0n) is 14.9. The van der Waals surface area contributed by atoms with E-state index in [0.29, 0.717) is 12.3 Å². The zero-order chi connectivity index (χ0) is 16.9. The third-order valence-electron chi connectivity index (χ3n) is 5.22. The molecule has 3 heterocycles. The third kappa shape index (κ3) is 4.36. The second-order valence-electron chi connectivity index (χ2n) is 7.10. The van der Waals surface area contributed by atoms with Crippen LogP contribution in [0.4, 0.5) is 0 Å². The maximum absolute atomic E-state index is 12.6. The zero-order valence-corrected chi connectivity index (χ0v) is 14.9. The highest BCUT2D eigenvalue weighted by atomic mass is 16.5. The van der Waals surface area contributed by atoms with Crippen molar-refractivity contribution in [3.63, 3.8) is 0 Å². The Morgan fingerprint density at radius 1 is 1.21 bits per heavy atom. The molecule has 1 atom stereocenters. The van der Waals surface area contributed by atoms with Crippen LogP contribution in [-0.2, 0) is 16.0 Å². The standard InChI is InChI=1S/C18H29N3O3/c1-14-17(15(2)24-19-14)11-18(22)21-7-4-6-20(8-9-21)12-16-5-3-10-23-13-16/h16H,3-13H2,1-2H3. The van der Waals surface area contributed by atoms with Gasteiger partial charge in [-0.25, -0.2) is 0 Å². The maximum Gasteiger partial charge on any atom is 0.227 e. The molecule has 2 fully saturated rings. The van der Waals surface area contributed by atoms with Crippen LogP contribution in [0.2, 0.25) is 0 Å². The lowest BCUT2D eigenvalue weighted by atomic mass is 10.0. The fourth-order valence-electron chi connectivity index (χ4n) is 3.74. The van der Waals surface area contributed by atoms with Gasteiger partial charge in [0.05, 0.1) is 18.7 Å². The van der Waals surface area contributed by atoms with Crippen molar-refractivity contribution in [3.8, 4) is 0 Å². The number of amides is 1. The Morgan fingerprint density at radius 3 is 2.79 bits per heavy atom. The second-order valence-corrected chi connectivity index (χ2v) is 7.10. The highest BCUT2D eigenvalue weighted by Gasteiger charge is 2.24. The van der Waals surface area contributed by atoms with Gasteiger partial charge < -0.3 is 19.1 Å². The molecular weight excluding hydrogens is 306 g/mol. The maximum atomic E-state index is 12.6. The Balaban J connectivity index is 1.50. The van der Waals surface area contributed by atoms with Crippen molar-refractivity contribution in [1.82, 2.24) is 15.0 Å². The lowest BCUT2D eigenvalue weighted by Gasteiger charge is -2.28. The largest absolute Gasteiger partial charge is 0.381 e. The predicted molar refractivity (Wildman–Crippen MR) is 90.9 cm³/mol. The van der Waals surface area contributed by atoms with Gasteiger partial charge in [-0.15, -0.1) is 0 Å². The quantitative estimate of drug-likeness (QED) is 0.840. The summed E-state index contributed by atoms with van der Waals surface area (Å²) in [5.41, 5.74) is 1.77. The number of hydrogen-bond acceptors (Lipinski definition) is 5. The monoisotopic (exact) mass is 335 g/mol. The molecule has 24 heavy (non-hydrogen) atoms. The van der Waals surface area contributed by atoms with Gasteiger partial charge in [-0.1, -0.05) is 5.16 Å². The summed E-state index contributed by atoms with van der Waals surface area (Å²) >= 11 is 0. The summed E-state index contributed by atoms with van der Waals surface area (Å²) in [6, 6.07) is 0. The number of carbonyl (C=O) groups excluding carboxylic acids is 1. The van der Waals surface area contributed by atoms with Crippen LogP contribution in [0.25, 0.3) is 0 Å². The van der Waals surface area contributed by atoms with E-state index >= 15 is 0 Å². The summed E-state index contributed by atoms with van der Waals surface area (Å²) in [5.74, 6) is 1.60. The summed E-state index contributed by atoms with van der Waals surface area (Å²) in [6.07, 6.45) is 3.89. The molecular formula is C18H29N3O3. The minimum absolute atomic E-state index is 0.187. The molecule has 0 radical (unpaired) electrons. The van der Waals surface area contributed by atoms with Crippen molar-refractivity contribution in [1.29, 1.82) is 0 Å². The molecule has 1 unspecified atom stereocenters. The van der Waals surface area contributed by atoms with Crippen molar-refractivity contribution in [2.45, 2.75) is 39.5 Å². The minimum Gasteiger partial charge on any atom is -0.381 e. The molecule has 1 aromatic heterocycles. The second kappa shape index (κ2) is 8.12. The summed E-state index contributed by atoms with van der Waals surface area (Å²) in [6.45, 7) is 10.4. The van der Waals surface area contributed by atoms with Crippen LogP contribution < -0.4 is 0 Å². The lowest BCUT2D eigenvalue weighted by Crippen LogP contribution is -2.38. The molecule has 0 saturated carbocycles. The molecule has 2 aliphatic heterocycles. The Kier molecular flexibility index (Phi) is 5.89. The molecule has 1 amide bonds. The summed E-state index contributed by atoms with van der Waals surface area (Å²) in [7, 11) is 0. The Bertz CT molecular complexity index is 532. The van der Waals surface area contributed by atoms with Crippen LogP contribution in [0.5, 0.6) is 0 Å². The Labute approximate surface area is 144 Å². The van der Waals surface area contributed by atoms with Crippen molar-refractivity contribution < 1.29 is 14.1 Å². The van der Waals surface area contributed by atoms with E-state index in [2.05, 4.69) is 10.1 Å². The van der Waals surface area contributed by atoms with Gasteiger partial charge >= 0.3 is 0 Å². The van der Waals surface area contributed by atoms with Crippen LogP contribution in [0, 0.1) is 19.8 Å². The lowest BCUT2D eigenvalue weighted by molar-refractivity contribution is -0.130. The van der Waals surface area contributed by atoms with Gasteiger partial charge in [-0.2, -0.15) is 0 Å². The van der Waals surface area contributed by atoms with Gasteiger partial charge in [-0.3, -0.25) is 4.79 Å². The van der Waals surface area contributed by atoms with Crippen molar-refractivity contribution in [2.24, 2.45) is 5.92 Å². The summed E-state index contributed by atoms with van der Waals surface area (Å²) in [5, 5.41) is 3.94. The van der Waals surface area contributed by atoms with E-state index < -0.39 is 0 Å². The number of aromatic nitrogens is 1. The highest BCUT2D eigenvalue weighted by Crippen LogP contribution is 2.17. The van der Waals surface area contributed by atoms with Crippen LogP contribution in [0.3, 0.4) is 0 Å². The number of ether oxygens (including phenoxy) is 1. The fraction of sp³-hybridized carbons (Fsp3) is 0.778. The number of aryl methyl sites for hydroxylation is 2. The number of carbonyl (C=O) groups is 1. The van der Waals surface area contributed by atoms with Crippen molar-refractivity contribution in [2.75, 3.05) is 45.9 Å². The Hall–Kier alpha value is -1.40. The number of hydrogen-bond donors (Lipinski definition) is 0. The first-order valence-electron chi connectivity index (χ1n) is 9.13. The van der Waals surface area contributed by atoms with Crippen LogP contribution in [-0.4, -0.2) is 66.8 Å². The van der Waals surface area contributed by atoms with Gasteiger partial charge in [0.15, 0.2) is 0 Å².